The van der Waals surface area contributed by atoms with Crippen LogP contribution in [0.4, 0.5) is 5.69 Å². The topological polar surface area (TPSA) is 24.4 Å². The molecule has 4 rings (SSSR count). The highest BCUT2D eigenvalue weighted by molar-refractivity contribution is 7.88. The number of para-hydroxylation sites is 1. The third-order valence-electron chi connectivity index (χ3n) is 5.19. The molecule has 0 aliphatic carbocycles. The maximum atomic E-state index is 5.26. The van der Waals surface area contributed by atoms with E-state index in [2.05, 4.69) is 128 Å². The second-order valence-corrected chi connectivity index (χ2v) is 9.65. The van der Waals surface area contributed by atoms with Gasteiger partial charge in [-0.2, -0.15) is 0 Å². The van der Waals surface area contributed by atoms with Crippen LogP contribution in [0.1, 0.15) is 16.7 Å². The van der Waals surface area contributed by atoms with E-state index >= 15 is 0 Å². The average Bonchev–Trinajstić information content (AvgIpc) is 2.82. The van der Waals surface area contributed by atoms with Crippen molar-refractivity contribution in [3.63, 3.8) is 0 Å². The van der Waals surface area contributed by atoms with Crippen molar-refractivity contribution in [2.24, 2.45) is 4.99 Å². The number of aryl methyl sites for hydroxylation is 2. The van der Waals surface area contributed by atoms with Crippen molar-refractivity contribution < 1.29 is 0 Å². The molecule has 0 saturated carbocycles. The number of hydrogen-bond acceptors (Lipinski definition) is 1. The van der Waals surface area contributed by atoms with Gasteiger partial charge in [0.2, 0.25) is 0 Å². The van der Waals surface area contributed by atoms with Crippen LogP contribution in [-0.4, -0.2) is 5.58 Å². The van der Waals surface area contributed by atoms with Crippen molar-refractivity contribution >= 4 is 29.8 Å². The molecule has 31 heavy (non-hydrogen) atoms. The molecule has 0 aromatic heterocycles. The maximum Gasteiger partial charge on any atom is 0.134 e. The minimum atomic E-state index is -0.820. The molecule has 154 valence electrons. The number of rotatable bonds is 6. The molecule has 4 aromatic carbocycles. The first-order valence-electron chi connectivity index (χ1n) is 10.6. The van der Waals surface area contributed by atoms with E-state index in [1.807, 2.05) is 0 Å². The Balaban J connectivity index is 1.83. The average molecular weight is 423 g/mol. The predicted molar refractivity (Wildman–Crippen MR) is 135 cm³/mol. The largest absolute Gasteiger partial charge is 0.365 e. The van der Waals surface area contributed by atoms with Gasteiger partial charge in [0.05, 0.1) is 5.69 Å². The van der Waals surface area contributed by atoms with Crippen molar-refractivity contribution in [3.05, 3.63) is 126 Å². The number of nitrogens with one attached hydrogen (secondary N) is 1. The third kappa shape index (κ3) is 5.29. The Labute approximate surface area is 186 Å². The Kier molecular flexibility index (Phi) is 6.92. The van der Waals surface area contributed by atoms with Crippen molar-refractivity contribution in [1.82, 2.24) is 5.32 Å². The highest BCUT2D eigenvalue weighted by atomic mass is 31.1. The van der Waals surface area contributed by atoms with Gasteiger partial charge in [0.15, 0.2) is 0 Å². The van der Waals surface area contributed by atoms with Crippen LogP contribution in [0.15, 0.2) is 114 Å². The van der Waals surface area contributed by atoms with Crippen molar-refractivity contribution in [2.45, 2.75) is 20.4 Å². The minimum absolute atomic E-state index is 0.739. The third-order valence-corrected chi connectivity index (χ3v) is 7.50. The molecule has 0 bridgehead atoms. The molecular formula is C28H27N2P. The molecule has 0 heterocycles. The fourth-order valence-corrected chi connectivity index (χ4v) is 5.75. The highest BCUT2D eigenvalue weighted by Gasteiger charge is 2.21. The predicted octanol–water partition coefficient (Wildman–Crippen LogP) is 6.21. The van der Waals surface area contributed by atoms with Gasteiger partial charge in [-0.05, 0) is 41.1 Å². The molecule has 2 nitrogen and oxygen atoms in total. The molecule has 0 aliphatic heterocycles. The number of hydrogen-bond donors (Lipinski definition) is 1. The summed E-state index contributed by atoms with van der Waals surface area (Å²) in [5.41, 5.74) is 5.70. The summed E-state index contributed by atoms with van der Waals surface area (Å²) in [4.78, 5) is 5.26. The molecule has 1 N–H and O–H groups in total. The van der Waals surface area contributed by atoms with Crippen molar-refractivity contribution in [3.8, 4) is 0 Å². The first-order chi connectivity index (χ1) is 15.2. The van der Waals surface area contributed by atoms with Gasteiger partial charge in [-0.1, -0.05) is 109 Å². The van der Waals surface area contributed by atoms with Crippen molar-refractivity contribution in [1.29, 1.82) is 0 Å². The zero-order chi connectivity index (χ0) is 21.5. The number of nitrogens with zero attached hydrogens (tertiary/aromatic N) is 1. The molecule has 0 unspecified atom stereocenters. The van der Waals surface area contributed by atoms with Gasteiger partial charge in [0, 0.05) is 14.5 Å². The van der Waals surface area contributed by atoms with Crippen LogP contribution in [0.3, 0.4) is 0 Å². The van der Waals surface area contributed by atoms with Crippen LogP contribution in [-0.2, 0) is 6.54 Å². The lowest BCUT2D eigenvalue weighted by molar-refractivity contribution is 0.926. The minimum Gasteiger partial charge on any atom is -0.365 e. The van der Waals surface area contributed by atoms with Crippen LogP contribution < -0.4 is 15.9 Å². The van der Waals surface area contributed by atoms with Crippen LogP contribution in [0.2, 0.25) is 0 Å². The Morgan fingerprint density at radius 2 is 1.13 bits per heavy atom. The van der Waals surface area contributed by atoms with E-state index in [0.717, 1.165) is 17.8 Å². The standard InChI is InChI=1S/C28H27N2P/c1-22-13-12-14-23(2)27(22)30-28(29-21-24-15-6-3-7-16-24)31(25-17-8-4-9-18-25)26-19-10-5-11-20-26/h3-20H,21H2,1-2H3,(H,29,30). The van der Waals surface area contributed by atoms with E-state index in [9.17, 15) is 0 Å². The molecule has 3 heteroatoms. The lowest BCUT2D eigenvalue weighted by atomic mass is 10.1. The molecule has 0 atom stereocenters. The van der Waals surface area contributed by atoms with E-state index in [-0.39, 0.29) is 0 Å². The number of benzene rings is 4. The summed E-state index contributed by atoms with van der Waals surface area (Å²) < 4.78 is 0. The summed E-state index contributed by atoms with van der Waals surface area (Å²) in [6.45, 7) is 5.00. The zero-order valence-corrected chi connectivity index (χ0v) is 18.9. The molecule has 0 aliphatic rings. The van der Waals surface area contributed by atoms with E-state index in [1.54, 1.807) is 0 Å². The quantitative estimate of drug-likeness (QED) is 0.223. The zero-order valence-electron chi connectivity index (χ0n) is 18.0. The second kappa shape index (κ2) is 10.2. The van der Waals surface area contributed by atoms with Gasteiger partial charge < -0.3 is 5.32 Å². The van der Waals surface area contributed by atoms with Gasteiger partial charge in [-0.15, -0.1) is 0 Å². The Morgan fingerprint density at radius 1 is 0.645 bits per heavy atom. The lowest BCUT2D eigenvalue weighted by Crippen LogP contribution is -2.29. The smallest absolute Gasteiger partial charge is 0.134 e. The highest BCUT2D eigenvalue weighted by Crippen LogP contribution is 2.37. The fourth-order valence-electron chi connectivity index (χ4n) is 3.58. The Morgan fingerprint density at radius 3 is 1.65 bits per heavy atom. The molecule has 4 aromatic rings. The number of aliphatic imine (C=N–C) groups is 1. The van der Waals surface area contributed by atoms with Crippen LogP contribution in [0, 0.1) is 13.8 Å². The summed E-state index contributed by atoms with van der Waals surface area (Å²) >= 11 is 0. The number of amidine groups is 1. The summed E-state index contributed by atoms with van der Waals surface area (Å²) in [5.74, 6) is 0. The molecule has 0 amide bonds. The van der Waals surface area contributed by atoms with Crippen LogP contribution in [0.5, 0.6) is 0 Å². The van der Waals surface area contributed by atoms with E-state index in [1.165, 1.54) is 27.3 Å². The molecule has 0 fully saturated rings. The first-order valence-corrected chi connectivity index (χ1v) is 11.9. The van der Waals surface area contributed by atoms with E-state index < -0.39 is 7.92 Å². The van der Waals surface area contributed by atoms with E-state index in [0.29, 0.717) is 0 Å². The molecule has 0 radical (unpaired) electrons. The van der Waals surface area contributed by atoms with Gasteiger partial charge >= 0.3 is 0 Å². The van der Waals surface area contributed by atoms with Crippen LogP contribution >= 0.6 is 7.92 Å². The SMILES string of the molecule is Cc1cccc(C)c1/N=C(/NCc1ccccc1)P(c1ccccc1)c1ccccc1. The normalized spacial score (nSPS) is 11.5. The van der Waals surface area contributed by atoms with Gasteiger partial charge in [-0.25, -0.2) is 4.99 Å². The first kappa shape index (κ1) is 21.0. The van der Waals surface area contributed by atoms with Gasteiger partial charge in [0.25, 0.3) is 0 Å². The van der Waals surface area contributed by atoms with Crippen LogP contribution in [0.25, 0.3) is 0 Å². The van der Waals surface area contributed by atoms with Gasteiger partial charge in [-0.3, -0.25) is 0 Å². The monoisotopic (exact) mass is 422 g/mol. The Hall–Kier alpha value is -3.22. The summed E-state index contributed by atoms with van der Waals surface area (Å²) in [7, 11) is -0.820. The summed E-state index contributed by atoms with van der Waals surface area (Å²) in [5, 5.41) is 6.29. The van der Waals surface area contributed by atoms with E-state index in [4.69, 9.17) is 4.99 Å². The van der Waals surface area contributed by atoms with Gasteiger partial charge in [0.1, 0.15) is 5.58 Å². The summed E-state index contributed by atoms with van der Waals surface area (Å²) in [6, 6.07) is 38.3. The maximum absolute atomic E-state index is 5.26. The second-order valence-electron chi connectivity index (χ2n) is 7.52. The lowest BCUT2D eigenvalue weighted by Gasteiger charge is -2.23. The molecular weight excluding hydrogens is 395 g/mol. The fraction of sp³-hybridized carbons (Fsp3) is 0.107. The molecule has 0 saturated heterocycles. The summed E-state index contributed by atoms with van der Waals surface area (Å²) in [6.07, 6.45) is 0. The molecule has 0 spiro atoms. The van der Waals surface area contributed by atoms with Crippen molar-refractivity contribution in [2.75, 3.05) is 0 Å². The Bertz CT molecular complexity index is 1080.